The molecule has 0 aromatic heterocycles. The summed E-state index contributed by atoms with van der Waals surface area (Å²) in [6.07, 6.45) is 0. The van der Waals surface area contributed by atoms with Gasteiger partial charge >= 0.3 is 0 Å². The lowest BCUT2D eigenvalue weighted by Gasteiger charge is -2.32. The summed E-state index contributed by atoms with van der Waals surface area (Å²) in [5.41, 5.74) is 3.81. The highest BCUT2D eigenvalue weighted by Crippen LogP contribution is 2.21. The van der Waals surface area contributed by atoms with E-state index < -0.39 is 22.6 Å². The third kappa shape index (κ3) is 3.06. The summed E-state index contributed by atoms with van der Waals surface area (Å²) in [7, 11) is 0. The number of carbonyl (C=O) groups excluding carboxylic acids is 2. The molecule has 1 aromatic carbocycles. The molecule has 7 heteroatoms. The van der Waals surface area contributed by atoms with E-state index in [2.05, 4.69) is 5.32 Å². The van der Waals surface area contributed by atoms with Crippen molar-refractivity contribution in [2.75, 3.05) is 5.23 Å². The van der Waals surface area contributed by atoms with Gasteiger partial charge in [0.25, 0.3) is 5.91 Å². The number of anilines is 1. The lowest BCUT2D eigenvalue weighted by atomic mass is 9.87. The maximum absolute atomic E-state index is 12.2. The minimum Gasteiger partial charge on any atom is -0.733 e. The van der Waals surface area contributed by atoms with Gasteiger partial charge in [-0.2, -0.15) is 0 Å². The zero-order valence-corrected chi connectivity index (χ0v) is 11.6. The average molecular weight is 280 g/mol. The number of primary amides is 1. The van der Waals surface area contributed by atoms with Crippen molar-refractivity contribution in [2.24, 2.45) is 11.7 Å². The fraction of sp³-hybridized carbons (Fsp3) is 0.385. The van der Waals surface area contributed by atoms with Gasteiger partial charge in [0, 0.05) is 0 Å². The van der Waals surface area contributed by atoms with E-state index in [-0.39, 0.29) is 17.2 Å². The van der Waals surface area contributed by atoms with Crippen LogP contribution >= 0.6 is 0 Å². The molecule has 0 unspecified atom stereocenters. The molecule has 110 valence electrons. The summed E-state index contributed by atoms with van der Waals surface area (Å²) in [4.78, 5) is 23.7. The molecule has 0 radical (unpaired) electrons. The summed E-state index contributed by atoms with van der Waals surface area (Å²) in [5, 5.41) is 22.1. The average Bonchev–Trinajstić information content (AvgIpc) is 2.37. The first-order valence-electron chi connectivity index (χ1n) is 6.07. The minimum atomic E-state index is -1.26. The van der Waals surface area contributed by atoms with Gasteiger partial charge in [0.2, 0.25) is 5.91 Å². The number of amides is 2. The van der Waals surface area contributed by atoms with E-state index in [1.807, 2.05) is 0 Å². The summed E-state index contributed by atoms with van der Waals surface area (Å²) in [6.45, 7) is 4.99. The second-order valence-electron chi connectivity index (χ2n) is 4.97. The van der Waals surface area contributed by atoms with E-state index >= 15 is 0 Å². The number of nitrogens with one attached hydrogen (secondary N) is 1. The Morgan fingerprint density at radius 3 is 2.40 bits per heavy atom. The topological polar surface area (TPSA) is 119 Å². The monoisotopic (exact) mass is 280 g/mol. The number of rotatable bonds is 5. The third-order valence-electron chi connectivity index (χ3n) is 3.39. The maximum Gasteiger partial charge on any atom is 0.254 e. The van der Waals surface area contributed by atoms with Crippen LogP contribution in [0.25, 0.3) is 0 Å². The standard InChI is InChI=1S/C13H18N3O4/c1-8(2)13(3,12(14)18)15-11(17)9-6-4-5-7-10(9)16(19)20/h4-8,19H,1-3H3,(H2,14,18)(H,15,17)/q-1/t13-/m0/s1. The van der Waals surface area contributed by atoms with Crippen LogP contribution in [0.5, 0.6) is 0 Å². The number of carbonyl (C=O) groups is 2. The first kappa shape index (κ1) is 15.9. The summed E-state index contributed by atoms with van der Waals surface area (Å²) in [5.74, 6) is -1.58. The van der Waals surface area contributed by atoms with Gasteiger partial charge < -0.3 is 21.5 Å². The quantitative estimate of drug-likeness (QED) is 0.695. The van der Waals surface area contributed by atoms with Crippen molar-refractivity contribution in [1.82, 2.24) is 5.32 Å². The van der Waals surface area contributed by atoms with Crippen molar-refractivity contribution < 1.29 is 14.8 Å². The molecule has 0 aliphatic carbocycles. The molecular formula is C13H18N3O4-. The second kappa shape index (κ2) is 5.89. The highest BCUT2D eigenvalue weighted by molar-refractivity contribution is 6.02. The Morgan fingerprint density at radius 2 is 1.95 bits per heavy atom. The predicted molar refractivity (Wildman–Crippen MR) is 74.0 cm³/mol. The fourth-order valence-electron chi connectivity index (χ4n) is 1.63. The zero-order valence-electron chi connectivity index (χ0n) is 11.6. The molecule has 1 rings (SSSR count). The van der Waals surface area contributed by atoms with Crippen LogP contribution in [0, 0.1) is 11.1 Å². The van der Waals surface area contributed by atoms with Crippen molar-refractivity contribution in [3.63, 3.8) is 0 Å². The molecule has 0 spiro atoms. The number of hydrogen-bond donors (Lipinski definition) is 3. The van der Waals surface area contributed by atoms with Crippen LogP contribution in [-0.4, -0.2) is 22.6 Å². The second-order valence-corrected chi connectivity index (χ2v) is 4.97. The number of nitrogens with two attached hydrogens (primary N) is 1. The Kier molecular flexibility index (Phi) is 4.69. The molecular weight excluding hydrogens is 262 g/mol. The number of hydrogen-bond acceptors (Lipinski definition) is 5. The van der Waals surface area contributed by atoms with Crippen LogP contribution < -0.4 is 16.3 Å². The Morgan fingerprint density at radius 1 is 1.40 bits per heavy atom. The first-order chi connectivity index (χ1) is 9.20. The van der Waals surface area contributed by atoms with E-state index in [0.29, 0.717) is 0 Å². The van der Waals surface area contributed by atoms with Gasteiger partial charge in [0.1, 0.15) is 5.54 Å². The lowest BCUT2D eigenvalue weighted by Crippen LogP contribution is -2.58. The lowest BCUT2D eigenvalue weighted by molar-refractivity contribution is -0.125. The van der Waals surface area contributed by atoms with Crippen LogP contribution in [0.4, 0.5) is 5.69 Å². The normalized spacial score (nSPS) is 13.7. The van der Waals surface area contributed by atoms with E-state index in [9.17, 15) is 14.8 Å². The fourth-order valence-corrected chi connectivity index (χ4v) is 1.63. The van der Waals surface area contributed by atoms with Crippen molar-refractivity contribution >= 4 is 17.5 Å². The van der Waals surface area contributed by atoms with E-state index in [1.165, 1.54) is 25.1 Å². The molecule has 4 N–H and O–H groups in total. The van der Waals surface area contributed by atoms with Gasteiger partial charge in [-0.15, -0.1) is 0 Å². The summed E-state index contributed by atoms with van der Waals surface area (Å²) in [6, 6.07) is 5.70. The summed E-state index contributed by atoms with van der Waals surface area (Å²) < 4.78 is 0. The number of nitrogens with zero attached hydrogens (tertiary/aromatic N) is 1. The van der Waals surface area contributed by atoms with Crippen molar-refractivity contribution in [2.45, 2.75) is 26.3 Å². The van der Waals surface area contributed by atoms with Gasteiger partial charge in [-0.3, -0.25) is 14.8 Å². The van der Waals surface area contributed by atoms with Crippen LogP contribution in [0.1, 0.15) is 31.1 Å². The Hall–Kier alpha value is -2.12. The van der Waals surface area contributed by atoms with Crippen LogP contribution in [-0.2, 0) is 4.79 Å². The molecule has 0 saturated heterocycles. The molecule has 0 heterocycles. The van der Waals surface area contributed by atoms with Crippen molar-refractivity contribution in [3.8, 4) is 0 Å². The van der Waals surface area contributed by atoms with Gasteiger partial charge in [-0.1, -0.05) is 26.0 Å². The van der Waals surface area contributed by atoms with Gasteiger partial charge in [-0.25, -0.2) is 0 Å². The SMILES string of the molecule is CC(C)[C@](C)(NC(=O)c1ccccc1N([O-])O)C(N)=O. The molecule has 0 saturated carbocycles. The number of para-hydroxylation sites is 1. The van der Waals surface area contributed by atoms with Gasteiger partial charge in [0.05, 0.1) is 11.3 Å². The Labute approximate surface area is 116 Å². The summed E-state index contributed by atoms with van der Waals surface area (Å²) >= 11 is 0. The smallest absolute Gasteiger partial charge is 0.254 e. The third-order valence-corrected chi connectivity index (χ3v) is 3.39. The largest absolute Gasteiger partial charge is 0.733 e. The molecule has 20 heavy (non-hydrogen) atoms. The Balaban J connectivity index is 3.11. The van der Waals surface area contributed by atoms with Crippen molar-refractivity contribution in [1.29, 1.82) is 0 Å². The predicted octanol–water partition coefficient (Wildman–Crippen LogP) is 1.01. The van der Waals surface area contributed by atoms with Crippen molar-refractivity contribution in [3.05, 3.63) is 35.0 Å². The highest BCUT2D eigenvalue weighted by atomic mass is 16.8. The zero-order chi connectivity index (χ0) is 15.5. The van der Waals surface area contributed by atoms with Crippen LogP contribution in [0.3, 0.4) is 0 Å². The molecule has 7 nitrogen and oxygen atoms in total. The first-order valence-corrected chi connectivity index (χ1v) is 6.07. The molecule has 0 bridgehead atoms. The minimum absolute atomic E-state index is 0.0434. The van der Waals surface area contributed by atoms with E-state index in [4.69, 9.17) is 10.9 Å². The molecule has 0 aliphatic rings. The van der Waals surface area contributed by atoms with Gasteiger partial charge in [-0.05, 0) is 25.0 Å². The Bertz CT molecular complexity index is 516. The molecule has 1 atom stereocenters. The van der Waals surface area contributed by atoms with Crippen LogP contribution in [0.2, 0.25) is 0 Å². The van der Waals surface area contributed by atoms with Gasteiger partial charge in [0.15, 0.2) is 0 Å². The molecule has 1 aromatic rings. The highest BCUT2D eigenvalue weighted by Gasteiger charge is 2.36. The van der Waals surface area contributed by atoms with E-state index in [1.54, 1.807) is 19.9 Å². The maximum atomic E-state index is 12.2. The number of benzene rings is 1. The molecule has 0 fully saturated rings. The molecule has 2 amide bonds. The van der Waals surface area contributed by atoms with Crippen LogP contribution in [0.15, 0.2) is 24.3 Å². The van der Waals surface area contributed by atoms with E-state index in [0.717, 1.165) is 0 Å². The molecule has 0 aliphatic heterocycles.